The third-order valence-electron chi connectivity index (χ3n) is 2.75. The Morgan fingerprint density at radius 2 is 2.10 bits per heavy atom. The largest absolute Gasteiger partial charge is 0.492 e. The number of nitrogens with zero attached hydrogens (tertiary/aromatic N) is 1. The zero-order valence-electron chi connectivity index (χ0n) is 12.8. The first-order valence-corrected chi connectivity index (χ1v) is 7.30. The van der Waals surface area contributed by atoms with Gasteiger partial charge >= 0.3 is 0 Å². The number of hydrogen-bond donors (Lipinski definition) is 2. The van der Waals surface area contributed by atoms with Gasteiger partial charge in [-0.05, 0) is 33.0 Å². The maximum absolute atomic E-state index is 11.6. The fourth-order valence-electron chi connectivity index (χ4n) is 1.80. The number of para-hydroxylation sites is 1. The minimum absolute atomic E-state index is 0.0102. The predicted octanol–water partition coefficient (Wildman–Crippen LogP) is 1.16. The maximum atomic E-state index is 11.6. The van der Waals surface area contributed by atoms with Crippen molar-refractivity contribution in [3.8, 4) is 5.75 Å². The van der Waals surface area contributed by atoms with E-state index in [1.165, 1.54) is 0 Å². The van der Waals surface area contributed by atoms with E-state index in [0.29, 0.717) is 30.4 Å². The Balaban J connectivity index is 2.40. The second-order valence-electron chi connectivity index (χ2n) is 5.17. The number of amides is 1. The van der Waals surface area contributed by atoms with Crippen LogP contribution in [-0.2, 0) is 4.79 Å². The molecule has 0 aliphatic rings. The van der Waals surface area contributed by atoms with E-state index >= 15 is 0 Å². The van der Waals surface area contributed by atoms with Gasteiger partial charge in [0.2, 0.25) is 5.91 Å². The number of nitrogens with one attached hydrogen (secondary N) is 1. The summed E-state index contributed by atoms with van der Waals surface area (Å²) in [5.41, 5.74) is 6.38. The van der Waals surface area contributed by atoms with E-state index < -0.39 is 0 Å². The van der Waals surface area contributed by atoms with Gasteiger partial charge in [0.05, 0.1) is 12.1 Å². The second-order valence-corrected chi connectivity index (χ2v) is 5.61. The van der Waals surface area contributed by atoms with Crippen LogP contribution in [0.2, 0.25) is 0 Å². The Hall–Kier alpha value is -1.66. The highest BCUT2D eigenvalue weighted by Crippen LogP contribution is 2.17. The van der Waals surface area contributed by atoms with Crippen LogP contribution in [0.4, 0.5) is 0 Å². The lowest BCUT2D eigenvalue weighted by molar-refractivity contribution is -0.122. The summed E-state index contributed by atoms with van der Waals surface area (Å²) in [6, 6.07) is 7.55. The standard InChI is InChI=1S/C15H23N3O2S/c1-11(2)17-14(19)10-18(3)8-9-20-13-7-5-4-6-12(13)15(16)21/h4-7,11H,8-10H2,1-3H3,(H2,16,21)(H,17,19). The Morgan fingerprint density at radius 3 is 2.71 bits per heavy atom. The summed E-state index contributed by atoms with van der Waals surface area (Å²) in [7, 11) is 1.88. The molecule has 6 heteroatoms. The van der Waals surface area contributed by atoms with E-state index in [9.17, 15) is 4.79 Å². The summed E-state index contributed by atoms with van der Waals surface area (Å²) < 4.78 is 5.69. The summed E-state index contributed by atoms with van der Waals surface area (Å²) in [5, 5.41) is 2.85. The molecule has 0 saturated heterocycles. The van der Waals surface area contributed by atoms with Crippen LogP contribution in [0.5, 0.6) is 5.75 Å². The Bertz CT molecular complexity index is 492. The average molecular weight is 309 g/mol. The minimum Gasteiger partial charge on any atom is -0.492 e. The summed E-state index contributed by atoms with van der Waals surface area (Å²) in [4.78, 5) is 13.8. The molecule has 0 saturated carbocycles. The molecule has 1 rings (SSSR count). The average Bonchev–Trinajstić information content (AvgIpc) is 2.37. The third kappa shape index (κ3) is 6.55. The lowest BCUT2D eigenvalue weighted by atomic mass is 10.2. The Morgan fingerprint density at radius 1 is 1.43 bits per heavy atom. The second kappa shape index (κ2) is 8.59. The number of carbonyl (C=O) groups is 1. The quantitative estimate of drug-likeness (QED) is 0.705. The van der Waals surface area contributed by atoms with E-state index in [0.717, 1.165) is 5.56 Å². The van der Waals surface area contributed by atoms with E-state index in [4.69, 9.17) is 22.7 Å². The molecule has 21 heavy (non-hydrogen) atoms. The molecule has 0 atom stereocenters. The van der Waals surface area contributed by atoms with Crippen molar-refractivity contribution in [2.45, 2.75) is 19.9 Å². The van der Waals surface area contributed by atoms with Crippen molar-refractivity contribution in [1.82, 2.24) is 10.2 Å². The van der Waals surface area contributed by atoms with E-state index in [1.54, 1.807) is 0 Å². The highest BCUT2D eigenvalue weighted by Gasteiger charge is 2.09. The maximum Gasteiger partial charge on any atom is 0.234 e. The van der Waals surface area contributed by atoms with Gasteiger partial charge in [0.15, 0.2) is 0 Å². The lowest BCUT2D eigenvalue weighted by Gasteiger charge is -2.18. The number of ether oxygens (including phenoxy) is 1. The first kappa shape index (κ1) is 17.4. The van der Waals surface area contributed by atoms with Crippen molar-refractivity contribution < 1.29 is 9.53 Å². The molecule has 0 spiro atoms. The molecule has 3 N–H and O–H groups in total. The van der Waals surface area contributed by atoms with Crippen LogP contribution < -0.4 is 15.8 Å². The monoisotopic (exact) mass is 309 g/mol. The zero-order chi connectivity index (χ0) is 15.8. The van der Waals surface area contributed by atoms with Gasteiger partial charge in [-0.25, -0.2) is 0 Å². The number of carbonyl (C=O) groups excluding carboxylic acids is 1. The molecular weight excluding hydrogens is 286 g/mol. The molecule has 1 amide bonds. The predicted molar refractivity (Wildman–Crippen MR) is 88.6 cm³/mol. The van der Waals surface area contributed by atoms with Gasteiger partial charge in [-0.15, -0.1) is 0 Å². The van der Waals surface area contributed by atoms with Crippen molar-refractivity contribution in [3.05, 3.63) is 29.8 Å². The number of benzene rings is 1. The van der Waals surface area contributed by atoms with Crippen molar-refractivity contribution >= 4 is 23.1 Å². The SMILES string of the molecule is CC(C)NC(=O)CN(C)CCOc1ccccc1C(N)=S. The molecule has 0 radical (unpaired) electrons. The molecule has 0 aliphatic carbocycles. The van der Waals surface area contributed by atoms with Crippen LogP contribution >= 0.6 is 12.2 Å². The topological polar surface area (TPSA) is 67.6 Å². The Labute approximate surface area is 131 Å². The van der Waals surface area contributed by atoms with Gasteiger partial charge in [-0.3, -0.25) is 9.69 Å². The number of thiocarbonyl (C=S) groups is 1. The minimum atomic E-state index is 0.0102. The summed E-state index contributed by atoms with van der Waals surface area (Å²) in [6.45, 7) is 5.32. The summed E-state index contributed by atoms with van der Waals surface area (Å²) in [6.07, 6.45) is 0. The van der Waals surface area contributed by atoms with Gasteiger partial charge in [-0.1, -0.05) is 24.4 Å². The van der Waals surface area contributed by atoms with Crippen LogP contribution in [-0.4, -0.2) is 48.6 Å². The third-order valence-corrected chi connectivity index (χ3v) is 2.97. The Kier molecular flexibility index (Phi) is 7.11. The summed E-state index contributed by atoms with van der Waals surface area (Å²) >= 11 is 4.98. The van der Waals surface area contributed by atoms with Crippen LogP contribution in [0.1, 0.15) is 19.4 Å². The van der Waals surface area contributed by atoms with E-state index in [-0.39, 0.29) is 11.9 Å². The molecule has 5 nitrogen and oxygen atoms in total. The molecule has 1 aromatic rings. The molecule has 0 heterocycles. The molecule has 0 aromatic heterocycles. The molecule has 0 unspecified atom stereocenters. The van der Waals surface area contributed by atoms with Crippen molar-refractivity contribution in [2.24, 2.45) is 5.73 Å². The number of nitrogens with two attached hydrogens (primary N) is 1. The van der Waals surface area contributed by atoms with Gasteiger partial charge in [0, 0.05) is 12.6 Å². The number of hydrogen-bond acceptors (Lipinski definition) is 4. The zero-order valence-corrected chi connectivity index (χ0v) is 13.6. The molecular formula is C15H23N3O2S. The van der Waals surface area contributed by atoms with E-state index in [2.05, 4.69) is 5.32 Å². The van der Waals surface area contributed by atoms with Crippen LogP contribution in [0, 0.1) is 0 Å². The van der Waals surface area contributed by atoms with Crippen molar-refractivity contribution in [3.63, 3.8) is 0 Å². The van der Waals surface area contributed by atoms with Crippen LogP contribution in [0.25, 0.3) is 0 Å². The number of rotatable bonds is 8. The number of likely N-dealkylation sites (N-methyl/N-ethyl adjacent to an activating group) is 1. The highest BCUT2D eigenvalue weighted by molar-refractivity contribution is 7.80. The summed E-state index contributed by atoms with van der Waals surface area (Å²) in [5.74, 6) is 0.682. The van der Waals surface area contributed by atoms with E-state index in [1.807, 2.05) is 50.1 Å². The fourth-order valence-corrected chi connectivity index (χ4v) is 1.97. The van der Waals surface area contributed by atoms with Crippen LogP contribution in [0.3, 0.4) is 0 Å². The van der Waals surface area contributed by atoms with Gasteiger partial charge in [-0.2, -0.15) is 0 Å². The molecule has 1 aromatic carbocycles. The molecule has 0 fully saturated rings. The normalized spacial score (nSPS) is 10.7. The van der Waals surface area contributed by atoms with Gasteiger partial charge < -0.3 is 15.8 Å². The lowest BCUT2D eigenvalue weighted by Crippen LogP contribution is -2.39. The highest BCUT2D eigenvalue weighted by atomic mass is 32.1. The fraction of sp³-hybridized carbons (Fsp3) is 0.467. The van der Waals surface area contributed by atoms with Crippen molar-refractivity contribution in [2.75, 3.05) is 26.7 Å². The van der Waals surface area contributed by atoms with Gasteiger partial charge in [0.1, 0.15) is 17.3 Å². The van der Waals surface area contributed by atoms with Crippen molar-refractivity contribution in [1.29, 1.82) is 0 Å². The van der Waals surface area contributed by atoms with Crippen LogP contribution in [0.15, 0.2) is 24.3 Å². The smallest absolute Gasteiger partial charge is 0.234 e. The first-order chi connectivity index (χ1) is 9.90. The van der Waals surface area contributed by atoms with Gasteiger partial charge in [0.25, 0.3) is 0 Å². The molecule has 0 aliphatic heterocycles. The molecule has 116 valence electrons. The first-order valence-electron chi connectivity index (χ1n) is 6.89. The molecule has 0 bridgehead atoms.